The highest BCUT2D eigenvalue weighted by Gasteiger charge is 2.41. The van der Waals surface area contributed by atoms with E-state index >= 15 is 0 Å². The third-order valence-electron chi connectivity index (χ3n) is 5.43. The summed E-state index contributed by atoms with van der Waals surface area (Å²) in [6.07, 6.45) is 5.37. The van der Waals surface area contributed by atoms with Gasteiger partial charge in [0.1, 0.15) is 0 Å². The molecule has 1 atom stereocenters. The molecule has 1 aromatic rings. The van der Waals surface area contributed by atoms with E-state index in [2.05, 4.69) is 23.1 Å². The van der Waals surface area contributed by atoms with Gasteiger partial charge >= 0.3 is 0 Å². The fourth-order valence-electron chi connectivity index (χ4n) is 4.13. The molecule has 1 aromatic carbocycles. The van der Waals surface area contributed by atoms with Crippen molar-refractivity contribution in [2.24, 2.45) is 0 Å². The van der Waals surface area contributed by atoms with Crippen LogP contribution in [0.15, 0.2) is 18.2 Å². The van der Waals surface area contributed by atoms with Gasteiger partial charge in [-0.1, -0.05) is 33.8 Å². The Morgan fingerprint density at radius 1 is 1.04 bits per heavy atom. The maximum Gasteiger partial charge on any atom is 0.170 e. The van der Waals surface area contributed by atoms with Crippen LogP contribution in [0.2, 0.25) is 0 Å². The molecule has 1 spiro atoms. The molecule has 2 aliphatic heterocycles. The lowest BCUT2D eigenvalue weighted by molar-refractivity contribution is -0.188. The molecule has 0 aromatic heterocycles. The molecule has 0 radical (unpaired) electrons. The number of likely N-dealkylation sites (tertiary alicyclic amines) is 1. The fourth-order valence-corrected chi connectivity index (χ4v) is 4.13. The van der Waals surface area contributed by atoms with Gasteiger partial charge in [-0.25, -0.2) is 0 Å². The monoisotopic (exact) mass is 358 g/mol. The van der Waals surface area contributed by atoms with Crippen molar-refractivity contribution in [1.29, 1.82) is 5.26 Å². The summed E-state index contributed by atoms with van der Waals surface area (Å²) in [5.41, 5.74) is 3.57. The topological polar surface area (TPSA) is 45.5 Å². The molecule has 1 aliphatic carbocycles. The highest BCUT2D eigenvalue weighted by molar-refractivity contribution is 5.40. The minimum atomic E-state index is -0.273. The number of nitriles is 1. The van der Waals surface area contributed by atoms with Gasteiger partial charge in [0.15, 0.2) is 5.79 Å². The van der Waals surface area contributed by atoms with Crippen molar-refractivity contribution < 1.29 is 9.47 Å². The van der Waals surface area contributed by atoms with Gasteiger partial charge in [0, 0.05) is 32.0 Å². The van der Waals surface area contributed by atoms with Crippen molar-refractivity contribution in [3.05, 3.63) is 34.9 Å². The highest BCUT2D eigenvalue weighted by atomic mass is 16.7. The first-order chi connectivity index (χ1) is 12.8. The van der Waals surface area contributed by atoms with Crippen LogP contribution >= 0.6 is 0 Å². The van der Waals surface area contributed by atoms with Crippen LogP contribution < -0.4 is 0 Å². The SMILES string of the molecule is CC.CC.N#Cc1ccc2c(c1)CCC(N1CCC3(CC1)OCCO3)C2. The van der Waals surface area contributed by atoms with E-state index in [1.54, 1.807) is 0 Å². The van der Waals surface area contributed by atoms with Crippen LogP contribution in [0, 0.1) is 11.3 Å². The second-order valence-electron chi connectivity index (χ2n) is 6.64. The second kappa shape index (κ2) is 10.1. The molecule has 3 aliphatic rings. The quantitative estimate of drug-likeness (QED) is 0.750. The molecule has 4 nitrogen and oxygen atoms in total. The number of fused-ring (bicyclic) bond motifs is 1. The molecule has 0 bridgehead atoms. The van der Waals surface area contributed by atoms with E-state index in [9.17, 15) is 0 Å². The number of piperidine rings is 1. The largest absolute Gasteiger partial charge is 0.347 e. The standard InChI is InChI=1S/C18H22N2O2.2C2H6/c19-13-14-1-2-16-12-17(4-3-15(16)11-14)20-7-5-18(6-8-20)21-9-10-22-18;2*1-2/h1-2,11,17H,3-10,12H2;2*1-2H3. The summed E-state index contributed by atoms with van der Waals surface area (Å²) < 4.78 is 11.6. The van der Waals surface area contributed by atoms with Gasteiger partial charge in [-0.3, -0.25) is 4.90 Å². The molecule has 26 heavy (non-hydrogen) atoms. The fraction of sp³-hybridized carbons (Fsp3) is 0.682. The van der Waals surface area contributed by atoms with Gasteiger partial charge in [-0.2, -0.15) is 5.26 Å². The Morgan fingerprint density at radius 2 is 1.69 bits per heavy atom. The molecule has 2 fully saturated rings. The van der Waals surface area contributed by atoms with E-state index < -0.39 is 0 Å². The first kappa shape index (κ1) is 20.9. The van der Waals surface area contributed by atoms with Crippen LogP contribution in [0.25, 0.3) is 0 Å². The summed E-state index contributed by atoms with van der Waals surface area (Å²) in [4.78, 5) is 2.61. The van der Waals surface area contributed by atoms with E-state index in [0.717, 1.165) is 57.6 Å². The lowest BCUT2D eigenvalue weighted by Crippen LogP contribution is -2.50. The van der Waals surface area contributed by atoms with Crippen molar-refractivity contribution >= 4 is 0 Å². The van der Waals surface area contributed by atoms with E-state index in [0.29, 0.717) is 6.04 Å². The minimum absolute atomic E-state index is 0.273. The molecule has 0 amide bonds. The summed E-state index contributed by atoms with van der Waals surface area (Å²) in [5.74, 6) is -0.273. The molecule has 0 saturated carbocycles. The van der Waals surface area contributed by atoms with Crippen LogP contribution in [0.5, 0.6) is 0 Å². The van der Waals surface area contributed by atoms with Gasteiger partial charge in [-0.15, -0.1) is 0 Å². The smallest absolute Gasteiger partial charge is 0.170 e. The van der Waals surface area contributed by atoms with Crippen LogP contribution in [0.3, 0.4) is 0 Å². The molecular weight excluding hydrogens is 324 g/mol. The molecule has 4 rings (SSSR count). The van der Waals surface area contributed by atoms with Crippen molar-refractivity contribution in [1.82, 2.24) is 4.90 Å². The van der Waals surface area contributed by atoms with E-state index in [4.69, 9.17) is 14.7 Å². The van der Waals surface area contributed by atoms with Crippen LogP contribution in [-0.2, 0) is 22.3 Å². The number of hydrogen-bond acceptors (Lipinski definition) is 4. The van der Waals surface area contributed by atoms with Crippen LogP contribution in [0.1, 0.15) is 63.6 Å². The zero-order valence-electron chi connectivity index (χ0n) is 16.9. The molecular formula is C22H34N2O2. The Morgan fingerprint density at radius 3 is 2.31 bits per heavy atom. The van der Waals surface area contributed by atoms with Gasteiger partial charge in [0.25, 0.3) is 0 Å². The number of rotatable bonds is 1. The molecule has 2 saturated heterocycles. The molecule has 4 heteroatoms. The Hall–Kier alpha value is -1.41. The summed E-state index contributed by atoms with van der Waals surface area (Å²) >= 11 is 0. The first-order valence-electron chi connectivity index (χ1n) is 10.3. The second-order valence-corrected chi connectivity index (χ2v) is 6.64. The lowest BCUT2D eigenvalue weighted by Gasteiger charge is -2.42. The number of hydrogen-bond donors (Lipinski definition) is 0. The molecule has 0 N–H and O–H groups in total. The first-order valence-corrected chi connectivity index (χ1v) is 10.3. The molecule has 2 heterocycles. The summed E-state index contributed by atoms with van der Waals surface area (Å²) in [7, 11) is 0. The van der Waals surface area contributed by atoms with Gasteiger partial charge in [0.2, 0.25) is 0 Å². The van der Waals surface area contributed by atoms with Gasteiger partial charge < -0.3 is 9.47 Å². The number of ether oxygens (including phenoxy) is 2. The Bertz CT molecular complexity index is 593. The average Bonchev–Trinajstić information content (AvgIpc) is 3.18. The Labute approximate surface area is 159 Å². The minimum Gasteiger partial charge on any atom is -0.347 e. The number of nitrogens with zero attached hydrogens (tertiary/aromatic N) is 2. The van der Waals surface area contributed by atoms with Gasteiger partial charge in [-0.05, 0) is 42.5 Å². The molecule has 1 unspecified atom stereocenters. The normalized spacial score (nSPS) is 23.7. The van der Waals surface area contributed by atoms with E-state index in [1.807, 2.05) is 33.8 Å². The van der Waals surface area contributed by atoms with E-state index in [-0.39, 0.29) is 5.79 Å². The third kappa shape index (κ3) is 4.65. The average molecular weight is 359 g/mol. The summed E-state index contributed by atoms with van der Waals surface area (Å²) in [5, 5.41) is 9.01. The number of aryl methyl sites for hydroxylation is 1. The highest BCUT2D eigenvalue weighted by Crippen LogP contribution is 2.34. The maximum atomic E-state index is 9.01. The Kier molecular flexibility index (Phi) is 8.09. The predicted molar refractivity (Wildman–Crippen MR) is 105 cm³/mol. The zero-order chi connectivity index (χ0) is 19.0. The van der Waals surface area contributed by atoms with Crippen molar-refractivity contribution in [2.45, 2.75) is 71.6 Å². The Balaban J connectivity index is 0.000000570. The van der Waals surface area contributed by atoms with Gasteiger partial charge in [0.05, 0.1) is 24.8 Å². The predicted octanol–water partition coefficient (Wildman–Crippen LogP) is 4.31. The lowest BCUT2D eigenvalue weighted by atomic mass is 9.85. The zero-order valence-corrected chi connectivity index (χ0v) is 16.9. The summed E-state index contributed by atoms with van der Waals surface area (Å²) in [6.45, 7) is 11.6. The van der Waals surface area contributed by atoms with Crippen LogP contribution in [0.4, 0.5) is 0 Å². The molecule has 144 valence electrons. The van der Waals surface area contributed by atoms with Crippen molar-refractivity contribution in [2.75, 3.05) is 26.3 Å². The third-order valence-corrected chi connectivity index (χ3v) is 5.43. The maximum absolute atomic E-state index is 9.01. The van der Waals surface area contributed by atoms with E-state index in [1.165, 1.54) is 17.5 Å². The summed E-state index contributed by atoms with van der Waals surface area (Å²) in [6, 6.07) is 9.03. The van der Waals surface area contributed by atoms with Crippen LogP contribution in [-0.4, -0.2) is 43.0 Å². The van der Waals surface area contributed by atoms with Crippen molar-refractivity contribution in [3.8, 4) is 6.07 Å². The van der Waals surface area contributed by atoms with Crippen molar-refractivity contribution in [3.63, 3.8) is 0 Å². The number of benzene rings is 1.